The van der Waals surface area contributed by atoms with Crippen LogP contribution in [0.2, 0.25) is 0 Å². The predicted octanol–water partition coefficient (Wildman–Crippen LogP) is 15.4. The van der Waals surface area contributed by atoms with Gasteiger partial charge in [0, 0.05) is 45.3 Å². The molecule has 0 bridgehead atoms. The van der Waals surface area contributed by atoms with Crippen LogP contribution in [0, 0.1) is 0 Å². The number of anilines is 1. The molecule has 0 amide bonds. The lowest BCUT2D eigenvalue weighted by atomic mass is 9.83. The van der Waals surface area contributed by atoms with Crippen LogP contribution in [0.25, 0.3) is 61.0 Å². The molecule has 2 unspecified atom stereocenters. The Morgan fingerprint density at radius 3 is 2.12 bits per heavy atom. The molecule has 2 aliphatic carbocycles. The monoisotopic (exact) mass is 866 g/mol. The van der Waals surface area contributed by atoms with Crippen LogP contribution in [0.4, 0.5) is 5.69 Å². The van der Waals surface area contributed by atoms with Crippen LogP contribution in [-0.2, 0) is 13.0 Å². The molecule has 1 aliphatic heterocycles. The van der Waals surface area contributed by atoms with Gasteiger partial charge in [-0.3, -0.25) is 4.99 Å². The summed E-state index contributed by atoms with van der Waals surface area (Å²) in [5.74, 6) is 0.241. The summed E-state index contributed by atoms with van der Waals surface area (Å²) in [5.41, 5.74) is 23.0. The fourth-order valence-corrected chi connectivity index (χ4v) is 10.7. The van der Waals surface area contributed by atoms with Crippen molar-refractivity contribution in [3.05, 3.63) is 252 Å². The molecule has 0 saturated carbocycles. The van der Waals surface area contributed by atoms with E-state index in [1.807, 2.05) is 36.4 Å². The van der Waals surface area contributed by atoms with E-state index in [9.17, 15) is 0 Å². The van der Waals surface area contributed by atoms with E-state index in [-0.39, 0.29) is 12.0 Å². The Hall–Kier alpha value is -7.95. The molecule has 1 aromatic heterocycles. The molecule has 4 nitrogen and oxygen atoms in total. The summed E-state index contributed by atoms with van der Waals surface area (Å²) >= 11 is 0. The van der Waals surface area contributed by atoms with E-state index < -0.39 is 0 Å². The van der Waals surface area contributed by atoms with Crippen LogP contribution in [0.15, 0.2) is 223 Å². The Morgan fingerprint density at radius 1 is 0.701 bits per heavy atom. The van der Waals surface area contributed by atoms with E-state index in [0.29, 0.717) is 6.54 Å². The van der Waals surface area contributed by atoms with Crippen LogP contribution in [-0.4, -0.2) is 16.3 Å². The summed E-state index contributed by atoms with van der Waals surface area (Å²) in [7, 11) is 0. The number of aromatic nitrogens is 1. The minimum absolute atomic E-state index is 0.231. The number of allylic oxidation sites excluding steroid dienone is 4. The summed E-state index contributed by atoms with van der Waals surface area (Å²) in [6, 6.07) is 65.8. The quantitative estimate of drug-likeness (QED) is 0.155. The van der Waals surface area contributed by atoms with Gasteiger partial charge in [0.1, 0.15) is 0 Å². The molecule has 0 saturated heterocycles. The van der Waals surface area contributed by atoms with Crippen LogP contribution < -0.4 is 10.6 Å². The van der Waals surface area contributed by atoms with Crippen LogP contribution in [0.5, 0.6) is 0 Å². The largest absolute Gasteiger partial charge is 0.399 e. The smallest absolute Gasteiger partial charge is 0.0643 e. The van der Waals surface area contributed by atoms with Gasteiger partial charge in [-0.25, -0.2) is 0 Å². The molecule has 326 valence electrons. The van der Waals surface area contributed by atoms with Crippen molar-refractivity contribution in [1.82, 2.24) is 4.57 Å². The molecule has 9 aromatic rings. The molecular weight excluding hydrogens is 813 g/mol. The average Bonchev–Trinajstić information content (AvgIpc) is 3.89. The van der Waals surface area contributed by atoms with E-state index in [1.165, 1.54) is 88.6 Å². The van der Waals surface area contributed by atoms with Gasteiger partial charge in [0.15, 0.2) is 0 Å². The van der Waals surface area contributed by atoms with Gasteiger partial charge in [-0.05, 0) is 111 Å². The SMILES string of the molecule is CC(=NCc1ccccc1)c1cc(-n2c3c(c4ccccc42)CC2C(=C3)N(C3C=CC=CC3)c3cc(-c4ccccc4)c4ccccc4c32)cc2ccccc12.CC/C=C(/N)c1ccccc1. The van der Waals surface area contributed by atoms with Gasteiger partial charge >= 0.3 is 0 Å². The Balaban J connectivity index is 0.000000398. The molecule has 0 fully saturated rings. The van der Waals surface area contributed by atoms with Crippen molar-refractivity contribution in [2.24, 2.45) is 10.7 Å². The molecule has 8 aromatic carbocycles. The van der Waals surface area contributed by atoms with Crippen molar-refractivity contribution < 1.29 is 0 Å². The lowest BCUT2D eigenvalue weighted by molar-refractivity contribution is 0.715. The summed E-state index contributed by atoms with van der Waals surface area (Å²) in [5, 5.41) is 6.45. The topological polar surface area (TPSA) is 46.5 Å². The maximum atomic E-state index is 5.77. The van der Waals surface area contributed by atoms with Gasteiger partial charge in [0.05, 0.1) is 23.8 Å². The van der Waals surface area contributed by atoms with Crippen molar-refractivity contribution in [2.45, 2.75) is 51.6 Å². The highest BCUT2D eigenvalue weighted by Crippen LogP contribution is 2.55. The first-order valence-electron chi connectivity index (χ1n) is 23.7. The van der Waals surface area contributed by atoms with E-state index >= 15 is 0 Å². The molecule has 12 rings (SSSR count). The zero-order valence-corrected chi connectivity index (χ0v) is 38.2. The van der Waals surface area contributed by atoms with E-state index in [4.69, 9.17) is 10.7 Å². The van der Waals surface area contributed by atoms with Gasteiger partial charge in [0.25, 0.3) is 0 Å². The molecule has 2 atom stereocenters. The first kappa shape index (κ1) is 41.7. The Bertz CT molecular complexity index is 3440. The number of nitrogens with zero attached hydrogens (tertiary/aromatic N) is 3. The number of hydrogen-bond donors (Lipinski definition) is 1. The standard InChI is InChI=1S/C53H41N3.C10H13N/c1-35(54-34-36-17-5-2-6-18-36)45-30-40(29-38-21-11-12-24-41(38)45)56-49-28-16-15-26-43(49)47-31-48-51(33-50(47)56)55(39-22-9-4-10-23-39)52-32-46(37-19-7-3-8-20-37)42-25-13-14-27-44(42)53(48)52;1-2-6-10(11)9-7-4-3-5-8-9/h2-22,24-30,32-33,39,48H,23,31,34H2,1H3;3-8H,2,11H2,1H3/b;10-6+. The minimum Gasteiger partial charge on any atom is -0.399 e. The summed E-state index contributed by atoms with van der Waals surface area (Å²) in [6.07, 6.45) is 16.6. The van der Waals surface area contributed by atoms with Crippen LogP contribution in [0.1, 0.15) is 66.1 Å². The van der Waals surface area contributed by atoms with Crippen molar-refractivity contribution in [3.8, 4) is 16.8 Å². The van der Waals surface area contributed by atoms with Crippen LogP contribution in [0.3, 0.4) is 0 Å². The third-order valence-electron chi connectivity index (χ3n) is 13.8. The zero-order valence-electron chi connectivity index (χ0n) is 38.2. The molecule has 2 heterocycles. The average molecular weight is 867 g/mol. The maximum absolute atomic E-state index is 5.77. The third kappa shape index (κ3) is 7.79. The van der Waals surface area contributed by atoms with Gasteiger partial charge in [-0.1, -0.05) is 195 Å². The highest BCUT2D eigenvalue weighted by atomic mass is 15.2. The molecule has 0 radical (unpaired) electrons. The number of fused-ring (bicyclic) bond motifs is 9. The van der Waals surface area contributed by atoms with E-state index in [1.54, 1.807) is 0 Å². The number of rotatable bonds is 8. The maximum Gasteiger partial charge on any atom is 0.0643 e. The number of para-hydroxylation sites is 1. The zero-order chi connectivity index (χ0) is 45.3. The predicted molar refractivity (Wildman–Crippen MR) is 285 cm³/mol. The summed E-state index contributed by atoms with van der Waals surface area (Å²) in [6.45, 7) is 4.90. The Labute approximate surface area is 394 Å². The minimum atomic E-state index is 0.231. The van der Waals surface area contributed by atoms with Crippen molar-refractivity contribution in [2.75, 3.05) is 4.90 Å². The first-order valence-corrected chi connectivity index (χ1v) is 23.7. The van der Waals surface area contributed by atoms with Gasteiger partial charge in [-0.15, -0.1) is 0 Å². The van der Waals surface area contributed by atoms with Gasteiger partial charge < -0.3 is 15.2 Å². The highest BCUT2D eigenvalue weighted by Gasteiger charge is 2.42. The second-order valence-corrected chi connectivity index (χ2v) is 17.8. The van der Waals surface area contributed by atoms with Crippen LogP contribution >= 0.6 is 0 Å². The second kappa shape index (κ2) is 18.1. The van der Waals surface area contributed by atoms with Crippen molar-refractivity contribution in [3.63, 3.8) is 0 Å². The molecule has 67 heavy (non-hydrogen) atoms. The Kier molecular flexibility index (Phi) is 11.3. The molecule has 3 aliphatic rings. The van der Waals surface area contributed by atoms with Gasteiger partial charge in [0.2, 0.25) is 0 Å². The third-order valence-corrected chi connectivity index (χ3v) is 13.8. The number of hydrogen-bond acceptors (Lipinski definition) is 3. The highest BCUT2D eigenvalue weighted by molar-refractivity contribution is 6.11. The lowest BCUT2D eigenvalue weighted by Crippen LogP contribution is -2.32. The second-order valence-electron chi connectivity index (χ2n) is 17.8. The first-order chi connectivity index (χ1) is 33.1. The van der Waals surface area contributed by atoms with E-state index in [0.717, 1.165) is 36.2 Å². The van der Waals surface area contributed by atoms with Crippen molar-refractivity contribution in [1.29, 1.82) is 0 Å². The Morgan fingerprint density at radius 2 is 1.37 bits per heavy atom. The fourth-order valence-electron chi connectivity index (χ4n) is 10.7. The fraction of sp³-hybridized carbons (Fsp3) is 0.127. The normalized spacial score (nSPS) is 16.4. The van der Waals surface area contributed by atoms with Gasteiger partial charge in [-0.2, -0.15) is 0 Å². The molecular formula is C63H54N4. The summed E-state index contributed by atoms with van der Waals surface area (Å²) < 4.78 is 2.53. The number of aliphatic imine (C=N–C) groups is 1. The molecule has 0 spiro atoms. The molecule has 2 N–H and O–H groups in total. The summed E-state index contributed by atoms with van der Waals surface area (Å²) in [4.78, 5) is 7.82. The van der Waals surface area contributed by atoms with E-state index in [2.05, 4.69) is 205 Å². The van der Waals surface area contributed by atoms with Crippen molar-refractivity contribution >= 4 is 55.6 Å². The molecule has 4 heteroatoms. The lowest BCUT2D eigenvalue weighted by Gasteiger charge is -2.33. The number of nitrogens with two attached hydrogens (primary N) is 1. The number of benzene rings is 8.